The second-order valence-corrected chi connectivity index (χ2v) is 6.09. The van der Waals surface area contributed by atoms with E-state index in [1.807, 2.05) is 30.3 Å². The molecule has 0 aliphatic carbocycles. The van der Waals surface area contributed by atoms with E-state index in [9.17, 15) is 9.59 Å². The summed E-state index contributed by atoms with van der Waals surface area (Å²) in [5.74, 6) is 0.387. The SMILES string of the molecule is COC(=O)c1ccc(CCC(=O)N2CCOc3ccc(CN)cc32)cc1. The van der Waals surface area contributed by atoms with Gasteiger partial charge in [-0.1, -0.05) is 18.2 Å². The van der Waals surface area contributed by atoms with Crippen molar-refractivity contribution in [2.24, 2.45) is 5.73 Å². The lowest BCUT2D eigenvalue weighted by Crippen LogP contribution is -2.38. The first-order chi connectivity index (χ1) is 12.6. The van der Waals surface area contributed by atoms with Gasteiger partial charge in [0, 0.05) is 13.0 Å². The van der Waals surface area contributed by atoms with Crippen LogP contribution in [0.1, 0.15) is 27.9 Å². The van der Waals surface area contributed by atoms with E-state index in [0.717, 1.165) is 16.8 Å². The number of fused-ring (bicyclic) bond motifs is 1. The Labute approximate surface area is 152 Å². The van der Waals surface area contributed by atoms with Crippen LogP contribution in [0.25, 0.3) is 0 Å². The summed E-state index contributed by atoms with van der Waals surface area (Å²) in [6, 6.07) is 12.8. The second kappa shape index (κ2) is 8.01. The van der Waals surface area contributed by atoms with Gasteiger partial charge in [-0.25, -0.2) is 4.79 Å². The Morgan fingerprint density at radius 2 is 1.88 bits per heavy atom. The molecular formula is C20H22N2O4. The molecule has 6 nitrogen and oxygen atoms in total. The molecule has 0 saturated heterocycles. The summed E-state index contributed by atoms with van der Waals surface area (Å²) in [6.45, 7) is 1.43. The molecule has 3 rings (SSSR count). The summed E-state index contributed by atoms with van der Waals surface area (Å²) in [7, 11) is 1.35. The third kappa shape index (κ3) is 3.86. The lowest BCUT2D eigenvalue weighted by Gasteiger charge is -2.30. The molecule has 0 aromatic heterocycles. The highest BCUT2D eigenvalue weighted by Crippen LogP contribution is 2.33. The molecule has 0 saturated carbocycles. The molecule has 0 fully saturated rings. The van der Waals surface area contributed by atoms with E-state index in [-0.39, 0.29) is 11.9 Å². The fraction of sp³-hybridized carbons (Fsp3) is 0.300. The molecular weight excluding hydrogens is 332 g/mol. The fourth-order valence-corrected chi connectivity index (χ4v) is 2.96. The van der Waals surface area contributed by atoms with Gasteiger partial charge in [0.2, 0.25) is 5.91 Å². The molecule has 0 atom stereocenters. The van der Waals surface area contributed by atoms with Crippen LogP contribution in [0, 0.1) is 0 Å². The number of rotatable bonds is 5. The number of methoxy groups -OCH3 is 1. The van der Waals surface area contributed by atoms with Crippen molar-refractivity contribution < 1.29 is 19.1 Å². The molecule has 1 aliphatic rings. The number of amides is 1. The topological polar surface area (TPSA) is 81.9 Å². The summed E-state index contributed by atoms with van der Waals surface area (Å²) in [5, 5.41) is 0. The van der Waals surface area contributed by atoms with Crippen LogP contribution < -0.4 is 15.4 Å². The minimum Gasteiger partial charge on any atom is -0.490 e. The molecule has 0 radical (unpaired) electrons. The van der Waals surface area contributed by atoms with Crippen LogP contribution in [0.2, 0.25) is 0 Å². The smallest absolute Gasteiger partial charge is 0.337 e. The van der Waals surface area contributed by atoms with Gasteiger partial charge in [0.15, 0.2) is 0 Å². The van der Waals surface area contributed by atoms with Crippen LogP contribution in [0.3, 0.4) is 0 Å². The first-order valence-corrected chi connectivity index (χ1v) is 8.56. The lowest BCUT2D eigenvalue weighted by atomic mass is 10.1. The molecule has 0 bridgehead atoms. The van der Waals surface area contributed by atoms with Gasteiger partial charge in [-0.15, -0.1) is 0 Å². The summed E-state index contributed by atoms with van der Waals surface area (Å²) >= 11 is 0. The number of esters is 1. The molecule has 1 heterocycles. The van der Waals surface area contributed by atoms with Crippen molar-refractivity contribution >= 4 is 17.6 Å². The highest BCUT2D eigenvalue weighted by molar-refractivity contribution is 5.95. The summed E-state index contributed by atoms with van der Waals surface area (Å²) in [4.78, 5) is 25.9. The van der Waals surface area contributed by atoms with E-state index < -0.39 is 0 Å². The van der Waals surface area contributed by atoms with Crippen molar-refractivity contribution in [3.8, 4) is 5.75 Å². The molecule has 1 amide bonds. The van der Waals surface area contributed by atoms with E-state index in [1.54, 1.807) is 17.0 Å². The molecule has 136 valence electrons. The molecule has 2 aromatic rings. The second-order valence-electron chi connectivity index (χ2n) is 6.09. The van der Waals surface area contributed by atoms with Gasteiger partial charge in [-0.2, -0.15) is 0 Å². The quantitative estimate of drug-likeness (QED) is 0.833. The minimum absolute atomic E-state index is 0.0424. The molecule has 2 aromatic carbocycles. The molecule has 0 spiro atoms. The van der Waals surface area contributed by atoms with Crippen molar-refractivity contribution in [2.75, 3.05) is 25.2 Å². The highest BCUT2D eigenvalue weighted by atomic mass is 16.5. The molecule has 6 heteroatoms. The van der Waals surface area contributed by atoms with E-state index in [2.05, 4.69) is 4.74 Å². The Morgan fingerprint density at radius 3 is 2.58 bits per heavy atom. The predicted octanol–water partition coefficient (Wildman–Crippen LogP) is 2.29. The summed E-state index contributed by atoms with van der Waals surface area (Å²) in [6.07, 6.45) is 0.980. The molecule has 2 N–H and O–H groups in total. The number of anilines is 1. The Kier molecular flexibility index (Phi) is 5.53. The Balaban J connectivity index is 1.67. The van der Waals surface area contributed by atoms with Crippen LogP contribution in [0.5, 0.6) is 5.75 Å². The Bertz CT molecular complexity index is 802. The number of ether oxygens (including phenoxy) is 2. The molecule has 26 heavy (non-hydrogen) atoms. The summed E-state index contributed by atoms with van der Waals surface area (Å²) < 4.78 is 10.3. The van der Waals surface area contributed by atoms with Gasteiger partial charge >= 0.3 is 5.97 Å². The first-order valence-electron chi connectivity index (χ1n) is 8.56. The maximum atomic E-state index is 12.7. The first kappa shape index (κ1) is 17.9. The van der Waals surface area contributed by atoms with Gasteiger partial charge in [-0.05, 0) is 41.8 Å². The summed E-state index contributed by atoms with van der Waals surface area (Å²) in [5.41, 5.74) is 8.95. The van der Waals surface area contributed by atoms with Crippen molar-refractivity contribution in [2.45, 2.75) is 19.4 Å². The number of aryl methyl sites for hydroxylation is 1. The average molecular weight is 354 g/mol. The van der Waals surface area contributed by atoms with Gasteiger partial charge in [0.25, 0.3) is 0 Å². The normalized spacial score (nSPS) is 12.9. The molecule has 1 aliphatic heterocycles. The van der Waals surface area contributed by atoms with Gasteiger partial charge in [0.1, 0.15) is 12.4 Å². The monoisotopic (exact) mass is 354 g/mol. The van der Waals surface area contributed by atoms with Crippen LogP contribution in [-0.4, -0.2) is 32.1 Å². The van der Waals surface area contributed by atoms with Gasteiger partial charge in [0.05, 0.1) is 24.9 Å². The van der Waals surface area contributed by atoms with Crippen molar-refractivity contribution in [1.82, 2.24) is 0 Å². The number of benzene rings is 2. The van der Waals surface area contributed by atoms with Crippen LogP contribution >= 0.6 is 0 Å². The van der Waals surface area contributed by atoms with Crippen LogP contribution in [0.15, 0.2) is 42.5 Å². The zero-order valence-corrected chi connectivity index (χ0v) is 14.7. The van der Waals surface area contributed by atoms with E-state index in [4.69, 9.17) is 10.5 Å². The number of nitrogens with zero attached hydrogens (tertiary/aromatic N) is 1. The van der Waals surface area contributed by atoms with E-state index in [1.165, 1.54) is 7.11 Å². The Hall–Kier alpha value is -2.86. The number of nitrogens with two attached hydrogens (primary N) is 1. The average Bonchev–Trinajstić information content (AvgIpc) is 2.70. The number of carbonyl (C=O) groups excluding carboxylic acids is 2. The molecule has 0 unspecified atom stereocenters. The van der Waals surface area contributed by atoms with E-state index >= 15 is 0 Å². The largest absolute Gasteiger partial charge is 0.490 e. The number of hydrogen-bond donors (Lipinski definition) is 1. The van der Waals surface area contributed by atoms with Crippen molar-refractivity contribution in [3.63, 3.8) is 0 Å². The maximum absolute atomic E-state index is 12.7. The highest BCUT2D eigenvalue weighted by Gasteiger charge is 2.23. The van der Waals surface area contributed by atoms with Crippen LogP contribution in [0.4, 0.5) is 5.69 Å². The van der Waals surface area contributed by atoms with Crippen LogP contribution in [-0.2, 0) is 22.5 Å². The standard InChI is InChI=1S/C20H22N2O4/c1-25-20(24)16-6-2-14(3-7-16)5-9-19(23)22-10-11-26-18-8-4-15(13-21)12-17(18)22/h2-4,6-8,12H,5,9-11,13,21H2,1H3. The zero-order valence-electron chi connectivity index (χ0n) is 14.7. The Morgan fingerprint density at radius 1 is 1.15 bits per heavy atom. The number of carbonyl (C=O) groups is 2. The minimum atomic E-state index is -0.367. The van der Waals surface area contributed by atoms with Crippen molar-refractivity contribution in [3.05, 3.63) is 59.2 Å². The third-order valence-corrected chi connectivity index (χ3v) is 4.43. The third-order valence-electron chi connectivity index (χ3n) is 4.43. The van der Waals surface area contributed by atoms with Gasteiger partial charge in [-0.3, -0.25) is 4.79 Å². The number of hydrogen-bond acceptors (Lipinski definition) is 5. The lowest BCUT2D eigenvalue weighted by molar-refractivity contribution is -0.118. The van der Waals surface area contributed by atoms with Gasteiger partial charge < -0.3 is 20.1 Å². The maximum Gasteiger partial charge on any atom is 0.337 e. The zero-order chi connectivity index (χ0) is 18.5. The van der Waals surface area contributed by atoms with E-state index in [0.29, 0.717) is 43.9 Å². The predicted molar refractivity (Wildman–Crippen MR) is 98.3 cm³/mol. The fourth-order valence-electron chi connectivity index (χ4n) is 2.96. The van der Waals surface area contributed by atoms with Crippen molar-refractivity contribution in [1.29, 1.82) is 0 Å².